The van der Waals surface area contributed by atoms with Gasteiger partial charge in [0.2, 0.25) is 0 Å². The SMILES string of the molecule is Cn1cccc1C(=O)Nc1ccc(N2CCCC2)nc1. The number of nitrogens with zero attached hydrogens (tertiary/aromatic N) is 3. The Kier molecular flexibility index (Phi) is 3.41. The molecule has 0 spiro atoms. The van der Waals surface area contributed by atoms with Crippen LogP contribution in [-0.2, 0) is 7.05 Å². The summed E-state index contributed by atoms with van der Waals surface area (Å²) in [5.74, 6) is 0.868. The minimum atomic E-state index is -0.117. The van der Waals surface area contributed by atoms with Gasteiger partial charge in [0.25, 0.3) is 5.91 Å². The molecule has 1 N–H and O–H groups in total. The van der Waals surface area contributed by atoms with E-state index in [-0.39, 0.29) is 5.91 Å². The van der Waals surface area contributed by atoms with Gasteiger partial charge in [-0.2, -0.15) is 0 Å². The monoisotopic (exact) mass is 270 g/mol. The molecule has 104 valence electrons. The van der Waals surface area contributed by atoms with Crippen molar-refractivity contribution >= 4 is 17.4 Å². The summed E-state index contributed by atoms with van der Waals surface area (Å²) in [6.07, 6.45) is 6.03. The number of carbonyl (C=O) groups is 1. The molecule has 1 saturated heterocycles. The molecule has 2 aromatic rings. The van der Waals surface area contributed by atoms with E-state index in [0.717, 1.165) is 24.6 Å². The molecule has 1 aliphatic heterocycles. The van der Waals surface area contributed by atoms with Crippen molar-refractivity contribution in [2.45, 2.75) is 12.8 Å². The topological polar surface area (TPSA) is 50.2 Å². The average Bonchev–Trinajstić information content (AvgIpc) is 3.10. The quantitative estimate of drug-likeness (QED) is 0.931. The van der Waals surface area contributed by atoms with Crippen LogP contribution in [0.1, 0.15) is 23.3 Å². The molecule has 1 amide bonds. The Morgan fingerprint density at radius 3 is 2.65 bits per heavy atom. The zero-order valence-electron chi connectivity index (χ0n) is 11.5. The zero-order valence-corrected chi connectivity index (χ0v) is 11.5. The molecule has 0 bridgehead atoms. The van der Waals surface area contributed by atoms with Crippen molar-refractivity contribution < 1.29 is 4.79 Å². The molecule has 20 heavy (non-hydrogen) atoms. The number of hydrogen-bond acceptors (Lipinski definition) is 3. The van der Waals surface area contributed by atoms with E-state index in [1.54, 1.807) is 16.8 Å². The van der Waals surface area contributed by atoms with Crippen molar-refractivity contribution in [3.63, 3.8) is 0 Å². The Morgan fingerprint density at radius 2 is 2.05 bits per heavy atom. The lowest BCUT2D eigenvalue weighted by Crippen LogP contribution is -2.19. The summed E-state index contributed by atoms with van der Waals surface area (Å²) in [5, 5.41) is 2.86. The van der Waals surface area contributed by atoms with Crippen LogP contribution in [0.5, 0.6) is 0 Å². The van der Waals surface area contributed by atoms with Gasteiger partial charge in [0.1, 0.15) is 11.5 Å². The van der Waals surface area contributed by atoms with Gasteiger partial charge in [0, 0.05) is 26.3 Å². The zero-order chi connectivity index (χ0) is 13.9. The summed E-state index contributed by atoms with van der Waals surface area (Å²) in [4.78, 5) is 18.8. The standard InChI is InChI=1S/C15H18N4O/c1-18-8-4-5-13(18)15(20)17-12-6-7-14(16-11-12)19-9-2-3-10-19/h4-8,11H,2-3,9-10H2,1H3,(H,17,20). The number of aromatic nitrogens is 2. The highest BCUT2D eigenvalue weighted by Crippen LogP contribution is 2.19. The third kappa shape index (κ3) is 2.52. The fraction of sp³-hybridized carbons (Fsp3) is 0.333. The lowest BCUT2D eigenvalue weighted by atomic mass is 10.3. The lowest BCUT2D eigenvalue weighted by molar-refractivity contribution is 0.101. The van der Waals surface area contributed by atoms with Crippen molar-refractivity contribution in [1.29, 1.82) is 0 Å². The summed E-state index contributed by atoms with van der Waals surface area (Å²) < 4.78 is 1.79. The smallest absolute Gasteiger partial charge is 0.272 e. The van der Waals surface area contributed by atoms with Gasteiger partial charge < -0.3 is 14.8 Å². The van der Waals surface area contributed by atoms with Crippen molar-refractivity contribution in [2.75, 3.05) is 23.3 Å². The molecule has 0 radical (unpaired) electrons. The van der Waals surface area contributed by atoms with E-state index in [0.29, 0.717) is 5.69 Å². The van der Waals surface area contributed by atoms with E-state index in [1.165, 1.54) is 12.8 Å². The van der Waals surface area contributed by atoms with Gasteiger partial charge in [-0.3, -0.25) is 4.79 Å². The fourth-order valence-electron chi connectivity index (χ4n) is 2.49. The molecule has 0 aliphatic carbocycles. The maximum atomic E-state index is 12.1. The highest BCUT2D eigenvalue weighted by molar-refractivity contribution is 6.03. The Balaban J connectivity index is 1.69. The predicted molar refractivity (Wildman–Crippen MR) is 79.1 cm³/mol. The second kappa shape index (κ2) is 5.36. The van der Waals surface area contributed by atoms with E-state index in [4.69, 9.17) is 0 Å². The third-order valence-corrected chi connectivity index (χ3v) is 3.61. The largest absolute Gasteiger partial charge is 0.357 e. The minimum Gasteiger partial charge on any atom is -0.357 e. The second-order valence-electron chi connectivity index (χ2n) is 5.06. The fourth-order valence-corrected chi connectivity index (χ4v) is 2.49. The van der Waals surface area contributed by atoms with Crippen LogP contribution in [0.4, 0.5) is 11.5 Å². The number of rotatable bonds is 3. The molecule has 5 nitrogen and oxygen atoms in total. The maximum absolute atomic E-state index is 12.1. The number of amides is 1. The molecule has 3 heterocycles. The van der Waals surface area contributed by atoms with Crippen molar-refractivity contribution in [2.24, 2.45) is 7.05 Å². The lowest BCUT2D eigenvalue weighted by Gasteiger charge is -2.16. The highest BCUT2D eigenvalue weighted by atomic mass is 16.1. The first-order chi connectivity index (χ1) is 9.74. The number of aryl methyl sites for hydroxylation is 1. The summed E-state index contributed by atoms with van der Waals surface area (Å²) in [5.41, 5.74) is 1.35. The molecule has 0 saturated carbocycles. The van der Waals surface area contributed by atoms with Crippen molar-refractivity contribution in [1.82, 2.24) is 9.55 Å². The Labute approximate surface area is 118 Å². The van der Waals surface area contributed by atoms with Crippen molar-refractivity contribution in [3.8, 4) is 0 Å². The van der Waals surface area contributed by atoms with Crippen LogP contribution >= 0.6 is 0 Å². The molecular formula is C15H18N4O. The predicted octanol–water partition coefficient (Wildman–Crippen LogP) is 2.27. The van der Waals surface area contributed by atoms with E-state index < -0.39 is 0 Å². The summed E-state index contributed by atoms with van der Waals surface area (Å²) in [6, 6.07) is 7.51. The molecule has 2 aromatic heterocycles. The molecule has 1 aliphatic rings. The number of pyridine rings is 1. The van der Waals surface area contributed by atoms with E-state index in [2.05, 4.69) is 15.2 Å². The number of nitrogens with one attached hydrogen (secondary N) is 1. The van der Waals surface area contributed by atoms with Crippen LogP contribution in [0.2, 0.25) is 0 Å². The summed E-state index contributed by atoms with van der Waals surface area (Å²) in [6.45, 7) is 2.14. The first kappa shape index (κ1) is 12.7. The van der Waals surface area contributed by atoms with E-state index in [1.807, 2.05) is 31.4 Å². The van der Waals surface area contributed by atoms with Gasteiger partial charge in [-0.25, -0.2) is 4.98 Å². The second-order valence-corrected chi connectivity index (χ2v) is 5.06. The van der Waals surface area contributed by atoms with Gasteiger partial charge in [0.15, 0.2) is 0 Å². The van der Waals surface area contributed by atoms with Crippen LogP contribution in [-0.4, -0.2) is 28.5 Å². The number of anilines is 2. The molecule has 0 aromatic carbocycles. The van der Waals surface area contributed by atoms with Gasteiger partial charge in [0.05, 0.1) is 11.9 Å². The van der Waals surface area contributed by atoms with E-state index in [9.17, 15) is 4.79 Å². The molecule has 3 rings (SSSR count). The Hall–Kier alpha value is -2.30. The highest BCUT2D eigenvalue weighted by Gasteiger charge is 2.14. The van der Waals surface area contributed by atoms with Crippen LogP contribution in [0, 0.1) is 0 Å². The first-order valence-corrected chi connectivity index (χ1v) is 6.88. The normalized spacial score (nSPS) is 14.6. The Bertz CT molecular complexity index is 597. The summed E-state index contributed by atoms with van der Waals surface area (Å²) in [7, 11) is 1.85. The number of hydrogen-bond donors (Lipinski definition) is 1. The van der Waals surface area contributed by atoms with Gasteiger partial charge in [-0.1, -0.05) is 0 Å². The van der Waals surface area contributed by atoms with Gasteiger partial charge >= 0.3 is 0 Å². The van der Waals surface area contributed by atoms with Crippen LogP contribution in [0.15, 0.2) is 36.7 Å². The maximum Gasteiger partial charge on any atom is 0.272 e. The minimum absolute atomic E-state index is 0.117. The van der Waals surface area contributed by atoms with Crippen molar-refractivity contribution in [3.05, 3.63) is 42.4 Å². The summed E-state index contributed by atoms with van der Waals surface area (Å²) >= 11 is 0. The molecular weight excluding hydrogens is 252 g/mol. The van der Waals surface area contributed by atoms with Crippen LogP contribution < -0.4 is 10.2 Å². The molecule has 1 fully saturated rings. The molecule has 0 atom stereocenters. The van der Waals surface area contributed by atoms with Crippen LogP contribution in [0.3, 0.4) is 0 Å². The Morgan fingerprint density at radius 1 is 1.25 bits per heavy atom. The van der Waals surface area contributed by atoms with E-state index >= 15 is 0 Å². The number of carbonyl (C=O) groups excluding carboxylic acids is 1. The molecule has 5 heteroatoms. The van der Waals surface area contributed by atoms with Gasteiger partial charge in [-0.05, 0) is 37.1 Å². The van der Waals surface area contributed by atoms with Gasteiger partial charge in [-0.15, -0.1) is 0 Å². The van der Waals surface area contributed by atoms with Crippen LogP contribution in [0.25, 0.3) is 0 Å². The molecule has 0 unspecified atom stereocenters. The first-order valence-electron chi connectivity index (χ1n) is 6.88. The average molecular weight is 270 g/mol. The third-order valence-electron chi connectivity index (χ3n) is 3.61.